The van der Waals surface area contributed by atoms with Crippen molar-refractivity contribution in [3.8, 4) is 33.8 Å². The van der Waals surface area contributed by atoms with E-state index in [2.05, 4.69) is 32.0 Å². The van der Waals surface area contributed by atoms with Gasteiger partial charge in [0.25, 0.3) is 0 Å². The first kappa shape index (κ1) is 15.2. The Hall–Kier alpha value is -2.74. The van der Waals surface area contributed by atoms with Gasteiger partial charge in [-0.25, -0.2) is 0 Å². The molecule has 0 unspecified atom stereocenters. The first-order valence-corrected chi connectivity index (χ1v) is 7.78. The standard InChI is InChI=1S/C21H20O2/c1-14(2)20-13-16(9-12-21(20)23)19-6-4-3-5-18(19)15-7-10-17(22)11-8-15/h3-14,22-23H,1-2H3. The van der Waals surface area contributed by atoms with Crippen molar-refractivity contribution in [2.45, 2.75) is 19.8 Å². The molecule has 0 fully saturated rings. The molecular formula is C21H20O2. The van der Waals surface area contributed by atoms with Crippen molar-refractivity contribution in [3.63, 3.8) is 0 Å². The van der Waals surface area contributed by atoms with Crippen LogP contribution >= 0.6 is 0 Å². The summed E-state index contributed by atoms with van der Waals surface area (Å²) in [6, 6.07) is 21.2. The summed E-state index contributed by atoms with van der Waals surface area (Å²) in [7, 11) is 0. The Kier molecular flexibility index (Phi) is 4.07. The molecule has 0 saturated carbocycles. The van der Waals surface area contributed by atoms with E-state index in [1.807, 2.05) is 30.3 Å². The lowest BCUT2D eigenvalue weighted by Gasteiger charge is -2.14. The number of benzene rings is 3. The summed E-state index contributed by atoms with van der Waals surface area (Å²) >= 11 is 0. The van der Waals surface area contributed by atoms with Crippen LogP contribution in [0, 0.1) is 0 Å². The predicted octanol–water partition coefficient (Wildman–Crippen LogP) is 5.56. The van der Waals surface area contributed by atoms with E-state index in [4.69, 9.17) is 0 Å². The average molecular weight is 304 g/mol. The zero-order chi connectivity index (χ0) is 16.4. The van der Waals surface area contributed by atoms with E-state index in [-0.39, 0.29) is 11.7 Å². The molecule has 0 bridgehead atoms. The number of hydrogen-bond acceptors (Lipinski definition) is 2. The molecule has 0 aliphatic carbocycles. The van der Waals surface area contributed by atoms with Gasteiger partial charge in [-0.2, -0.15) is 0 Å². The molecule has 3 rings (SSSR count). The highest BCUT2D eigenvalue weighted by molar-refractivity contribution is 5.84. The molecule has 0 spiro atoms. The number of hydrogen-bond donors (Lipinski definition) is 2. The molecule has 0 aromatic heterocycles. The maximum Gasteiger partial charge on any atom is 0.119 e. The van der Waals surface area contributed by atoms with Crippen molar-refractivity contribution in [3.05, 3.63) is 72.3 Å². The fraction of sp³-hybridized carbons (Fsp3) is 0.143. The Morgan fingerprint density at radius 1 is 0.696 bits per heavy atom. The second-order valence-corrected chi connectivity index (χ2v) is 6.02. The summed E-state index contributed by atoms with van der Waals surface area (Å²) in [6.45, 7) is 4.15. The van der Waals surface area contributed by atoms with Crippen LogP contribution in [0.15, 0.2) is 66.7 Å². The zero-order valence-corrected chi connectivity index (χ0v) is 13.3. The fourth-order valence-corrected chi connectivity index (χ4v) is 2.81. The maximum absolute atomic E-state index is 10.0. The van der Waals surface area contributed by atoms with Gasteiger partial charge in [0.05, 0.1) is 0 Å². The van der Waals surface area contributed by atoms with Gasteiger partial charge in [0.2, 0.25) is 0 Å². The van der Waals surface area contributed by atoms with E-state index in [0.717, 1.165) is 27.8 Å². The minimum absolute atomic E-state index is 0.260. The van der Waals surface area contributed by atoms with Gasteiger partial charge in [-0.3, -0.25) is 0 Å². The van der Waals surface area contributed by atoms with Gasteiger partial charge in [-0.1, -0.05) is 56.3 Å². The quantitative estimate of drug-likeness (QED) is 0.665. The molecule has 0 radical (unpaired) electrons. The first-order valence-electron chi connectivity index (χ1n) is 7.78. The molecule has 0 atom stereocenters. The van der Waals surface area contributed by atoms with Crippen LogP contribution in [0.25, 0.3) is 22.3 Å². The van der Waals surface area contributed by atoms with Gasteiger partial charge in [-0.05, 0) is 58.0 Å². The SMILES string of the molecule is CC(C)c1cc(-c2ccccc2-c2ccc(O)cc2)ccc1O. The summed E-state index contributed by atoms with van der Waals surface area (Å²) in [4.78, 5) is 0. The van der Waals surface area contributed by atoms with E-state index < -0.39 is 0 Å². The summed E-state index contributed by atoms with van der Waals surface area (Å²) < 4.78 is 0. The lowest BCUT2D eigenvalue weighted by Crippen LogP contribution is -1.91. The van der Waals surface area contributed by atoms with Gasteiger partial charge in [-0.15, -0.1) is 0 Å². The molecule has 0 aliphatic heterocycles. The molecule has 0 amide bonds. The molecule has 3 aromatic carbocycles. The molecule has 0 heterocycles. The Balaban J connectivity index is 2.14. The molecule has 0 aliphatic rings. The third kappa shape index (κ3) is 3.07. The average Bonchev–Trinajstić information content (AvgIpc) is 2.56. The zero-order valence-electron chi connectivity index (χ0n) is 13.3. The van der Waals surface area contributed by atoms with Gasteiger partial charge in [0.15, 0.2) is 0 Å². The second kappa shape index (κ2) is 6.17. The molecule has 2 N–H and O–H groups in total. The van der Waals surface area contributed by atoms with Gasteiger partial charge >= 0.3 is 0 Å². The number of phenols is 2. The van der Waals surface area contributed by atoms with Crippen molar-refractivity contribution in [2.24, 2.45) is 0 Å². The Morgan fingerprint density at radius 3 is 1.87 bits per heavy atom. The van der Waals surface area contributed by atoms with Crippen molar-refractivity contribution in [1.82, 2.24) is 0 Å². The third-order valence-corrected chi connectivity index (χ3v) is 4.07. The Bertz CT molecular complexity index is 818. The highest BCUT2D eigenvalue weighted by Crippen LogP contribution is 2.36. The molecular weight excluding hydrogens is 284 g/mol. The van der Waals surface area contributed by atoms with Gasteiger partial charge in [0, 0.05) is 0 Å². The van der Waals surface area contributed by atoms with Crippen LogP contribution in [0.2, 0.25) is 0 Å². The van der Waals surface area contributed by atoms with Crippen molar-refractivity contribution in [1.29, 1.82) is 0 Å². The van der Waals surface area contributed by atoms with E-state index in [1.54, 1.807) is 18.2 Å². The molecule has 23 heavy (non-hydrogen) atoms. The van der Waals surface area contributed by atoms with Crippen LogP contribution in [0.1, 0.15) is 25.3 Å². The number of phenolic OH excluding ortho intramolecular Hbond substituents is 2. The van der Waals surface area contributed by atoms with Crippen LogP contribution in [0.5, 0.6) is 11.5 Å². The van der Waals surface area contributed by atoms with Crippen LogP contribution in [0.4, 0.5) is 0 Å². The number of rotatable bonds is 3. The summed E-state index contributed by atoms with van der Waals surface area (Å²) in [5.74, 6) is 0.861. The molecule has 2 heteroatoms. The predicted molar refractivity (Wildman–Crippen MR) is 94.7 cm³/mol. The molecule has 2 nitrogen and oxygen atoms in total. The third-order valence-electron chi connectivity index (χ3n) is 4.07. The van der Waals surface area contributed by atoms with Crippen LogP contribution in [-0.4, -0.2) is 10.2 Å². The van der Waals surface area contributed by atoms with Gasteiger partial charge in [0.1, 0.15) is 11.5 Å². The highest BCUT2D eigenvalue weighted by Gasteiger charge is 2.11. The topological polar surface area (TPSA) is 40.5 Å². The van der Waals surface area contributed by atoms with Crippen molar-refractivity contribution >= 4 is 0 Å². The van der Waals surface area contributed by atoms with Crippen LogP contribution in [0.3, 0.4) is 0 Å². The molecule has 116 valence electrons. The summed E-state index contributed by atoms with van der Waals surface area (Å²) in [5.41, 5.74) is 5.30. The van der Waals surface area contributed by atoms with E-state index >= 15 is 0 Å². The largest absolute Gasteiger partial charge is 0.508 e. The first-order chi connectivity index (χ1) is 11.1. The lowest BCUT2D eigenvalue weighted by molar-refractivity contribution is 0.465. The molecule has 3 aromatic rings. The number of aromatic hydroxyl groups is 2. The van der Waals surface area contributed by atoms with Crippen LogP contribution < -0.4 is 0 Å². The molecule has 0 saturated heterocycles. The highest BCUT2D eigenvalue weighted by atomic mass is 16.3. The Labute approximate surface area is 136 Å². The van der Waals surface area contributed by atoms with E-state index in [9.17, 15) is 10.2 Å². The second-order valence-electron chi connectivity index (χ2n) is 6.02. The van der Waals surface area contributed by atoms with Crippen LogP contribution in [-0.2, 0) is 0 Å². The van der Waals surface area contributed by atoms with Gasteiger partial charge < -0.3 is 10.2 Å². The monoisotopic (exact) mass is 304 g/mol. The Morgan fingerprint density at radius 2 is 1.26 bits per heavy atom. The van der Waals surface area contributed by atoms with Crippen molar-refractivity contribution in [2.75, 3.05) is 0 Å². The summed E-state index contributed by atoms with van der Waals surface area (Å²) in [6.07, 6.45) is 0. The minimum Gasteiger partial charge on any atom is -0.508 e. The van der Waals surface area contributed by atoms with E-state index in [0.29, 0.717) is 5.75 Å². The fourth-order valence-electron chi connectivity index (χ4n) is 2.81. The van der Waals surface area contributed by atoms with E-state index in [1.165, 1.54) is 0 Å². The van der Waals surface area contributed by atoms with Crippen molar-refractivity contribution < 1.29 is 10.2 Å². The smallest absolute Gasteiger partial charge is 0.119 e. The maximum atomic E-state index is 10.0. The summed E-state index contributed by atoms with van der Waals surface area (Å²) in [5, 5.41) is 19.5. The lowest BCUT2D eigenvalue weighted by atomic mass is 9.91. The minimum atomic E-state index is 0.260. The normalized spacial score (nSPS) is 10.9.